The summed E-state index contributed by atoms with van der Waals surface area (Å²) in [4.78, 5) is 6.70. The number of amidine groups is 1. The monoisotopic (exact) mass is 256 g/mol. The molecule has 0 aliphatic carbocycles. The fourth-order valence-corrected chi connectivity index (χ4v) is 2.43. The molecule has 0 bridgehead atoms. The number of aliphatic imine (C=N–C) groups is 1. The summed E-state index contributed by atoms with van der Waals surface area (Å²) >= 11 is 6.49. The van der Waals surface area contributed by atoms with Crippen molar-refractivity contribution in [3.05, 3.63) is 65.7 Å². The summed E-state index contributed by atoms with van der Waals surface area (Å²) in [5.41, 5.74) is 2.92. The quantitative estimate of drug-likeness (QED) is 0.557. The van der Waals surface area contributed by atoms with E-state index in [0.29, 0.717) is 0 Å². The van der Waals surface area contributed by atoms with Gasteiger partial charge in [0.2, 0.25) is 0 Å². The van der Waals surface area contributed by atoms with Gasteiger partial charge in [-0.25, -0.2) is 4.99 Å². The predicted octanol–water partition coefficient (Wildman–Crippen LogP) is 3.95. The topological polar surface area (TPSA) is 15.6 Å². The molecule has 1 aliphatic heterocycles. The molecule has 1 unspecified atom stereocenters. The summed E-state index contributed by atoms with van der Waals surface area (Å²) in [6, 6.07) is 18.1. The van der Waals surface area contributed by atoms with Gasteiger partial charge in [0.1, 0.15) is 11.3 Å². The van der Waals surface area contributed by atoms with E-state index in [2.05, 4.69) is 0 Å². The van der Waals surface area contributed by atoms with Crippen LogP contribution in [0.2, 0.25) is 0 Å². The number of alkyl halides is 1. The zero-order chi connectivity index (χ0) is 12.5. The number of hydrogen-bond donors (Lipinski definition) is 0. The molecule has 0 saturated carbocycles. The molecule has 0 aromatic heterocycles. The lowest BCUT2D eigenvalue weighted by atomic mass is 10.1. The number of fused-ring (bicyclic) bond motifs is 1. The summed E-state index contributed by atoms with van der Waals surface area (Å²) < 4.78 is 0. The van der Waals surface area contributed by atoms with E-state index in [9.17, 15) is 0 Å². The molecule has 18 heavy (non-hydrogen) atoms. The second kappa shape index (κ2) is 4.46. The molecule has 1 atom stereocenters. The molecule has 2 nitrogen and oxygen atoms in total. The van der Waals surface area contributed by atoms with Crippen molar-refractivity contribution < 1.29 is 0 Å². The normalized spacial score (nSPS) is 18.2. The highest BCUT2D eigenvalue weighted by molar-refractivity contribution is 6.23. The van der Waals surface area contributed by atoms with E-state index in [1.165, 1.54) is 0 Å². The highest BCUT2D eigenvalue weighted by Crippen LogP contribution is 2.37. The van der Waals surface area contributed by atoms with Crippen LogP contribution in [0, 0.1) is 0 Å². The molecule has 0 radical (unpaired) electrons. The van der Waals surface area contributed by atoms with E-state index >= 15 is 0 Å². The number of para-hydroxylation sites is 1. The van der Waals surface area contributed by atoms with Crippen molar-refractivity contribution in [1.29, 1.82) is 0 Å². The lowest BCUT2D eigenvalue weighted by molar-refractivity contribution is 0.473. The van der Waals surface area contributed by atoms with Crippen LogP contribution < -0.4 is 0 Å². The van der Waals surface area contributed by atoms with Gasteiger partial charge in [0.15, 0.2) is 0 Å². The van der Waals surface area contributed by atoms with Crippen LogP contribution in [-0.2, 0) is 0 Å². The summed E-state index contributed by atoms with van der Waals surface area (Å²) in [7, 11) is 1.97. The Morgan fingerprint density at radius 3 is 2.44 bits per heavy atom. The Balaban J connectivity index is 2.14. The van der Waals surface area contributed by atoms with Crippen molar-refractivity contribution >= 4 is 23.1 Å². The van der Waals surface area contributed by atoms with Gasteiger partial charge in [-0.3, -0.25) is 0 Å². The zero-order valence-corrected chi connectivity index (χ0v) is 10.8. The highest BCUT2D eigenvalue weighted by atomic mass is 35.5. The van der Waals surface area contributed by atoms with Gasteiger partial charge in [-0.05, 0) is 6.07 Å². The Morgan fingerprint density at radius 1 is 1.00 bits per heavy atom. The van der Waals surface area contributed by atoms with Crippen molar-refractivity contribution in [2.24, 2.45) is 4.99 Å². The molecule has 3 heteroatoms. The average Bonchev–Trinajstić information content (AvgIpc) is 2.44. The van der Waals surface area contributed by atoms with Gasteiger partial charge >= 0.3 is 0 Å². The second-order valence-electron chi connectivity index (χ2n) is 4.31. The second-order valence-corrected chi connectivity index (χ2v) is 4.72. The van der Waals surface area contributed by atoms with Crippen molar-refractivity contribution in [2.45, 2.75) is 5.50 Å². The smallest absolute Gasteiger partial charge is 0.137 e. The fourth-order valence-electron chi connectivity index (χ4n) is 2.16. The maximum Gasteiger partial charge on any atom is 0.137 e. The lowest BCUT2D eigenvalue weighted by Gasteiger charge is -2.31. The van der Waals surface area contributed by atoms with E-state index in [0.717, 1.165) is 22.6 Å². The number of hydrogen-bond acceptors (Lipinski definition) is 2. The summed E-state index contributed by atoms with van der Waals surface area (Å²) in [5, 5.41) is 0. The molecule has 0 N–H and O–H groups in total. The van der Waals surface area contributed by atoms with Crippen molar-refractivity contribution in [3.63, 3.8) is 0 Å². The van der Waals surface area contributed by atoms with E-state index in [-0.39, 0.29) is 5.50 Å². The van der Waals surface area contributed by atoms with Gasteiger partial charge in [-0.15, -0.1) is 0 Å². The highest BCUT2D eigenvalue weighted by Gasteiger charge is 2.25. The van der Waals surface area contributed by atoms with Crippen molar-refractivity contribution in [2.75, 3.05) is 7.05 Å². The molecule has 90 valence electrons. The minimum absolute atomic E-state index is 0.172. The van der Waals surface area contributed by atoms with Crippen LogP contribution in [0.4, 0.5) is 5.69 Å². The molecule has 1 aliphatic rings. The van der Waals surface area contributed by atoms with Crippen molar-refractivity contribution in [1.82, 2.24) is 4.90 Å². The summed E-state index contributed by atoms with van der Waals surface area (Å²) in [6.07, 6.45) is 0. The molecular formula is C15H13ClN2. The first-order valence-corrected chi connectivity index (χ1v) is 6.31. The van der Waals surface area contributed by atoms with E-state index in [1.54, 1.807) is 0 Å². The molecule has 3 rings (SSSR count). The third kappa shape index (κ3) is 1.79. The molecular weight excluding hydrogens is 244 g/mol. The number of nitrogens with zero attached hydrogens (tertiary/aromatic N) is 2. The van der Waals surface area contributed by atoms with Crippen LogP contribution in [0.5, 0.6) is 0 Å². The first-order valence-electron chi connectivity index (χ1n) is 5.87. The molecule has 0 saturated heterocycles. The lowest BCUT2D eigenvalue weighted by Crippen LogP contribution is -2.31. The number of rotatable bonds is 1. The van der Waals surface area contributed by atoms with E-state index < -0.39 is 0 Å². The van der Waals surface area contributed by atoms with Crippen LogP contribution >= 0.6 is 11.6 Å². The number of halogens is 1. The van der Waals surface area contributed by atoms with Crippen LogP contribution in [0.15, 0.2) is 59.6 Å². The van der Waals surface area contributed by atoms with Crippen molar-refractivity contribution in [3.8, 4) is 0 Å². The van der Waals surface area contributed by atoms with Gasteiger partial charge in [0.25, 0.3) is 0 Å². The third-order valence-electron chi connectivity index (χ3n) is 3.13. The molecule has 0 amide bonds. The van der Waals surface area contributed by atoms with Gasteiger partial charge < -0.3 is 4.90 Å². The molecule has 2 aromatic carbocycles. The first kappa shape index (κ1) is 11.3. The SMILES string of the molecule is CN1C(c2ccccc2)=Nc2ccccc2C1Cl. The van der Waals surface area contributed by atoms with Crippen LogP contribution in [0.25, 0.3) is 0 Å². The van der Waals surface area contributed by atoms with E-state index in [4.69, 9.17) is 16.6 Å². The first-order chi connectivity index (χ1) is 8.77. The third-order valence-corrected chi connectivity index (χ3v) is 3.65. The molecule has 0 fully saturated rings. The van der Waals surface area contributed by atoms with Crippen LogP contribution in [0.3, 0.4) is 0 Å². The van der Waals surface area contributed by atoms with Gasteiger partial charge in [-0.2, -0.15) is 0 Å². The Hall–Kier alpha value is -1.80. The summed E-state index contributed by atoms with van der Waals surface area (Å²) in [5.74, 6) is 0.911. The molecule has 2 aromatic rings. The fraction of sp³-hybridized carbons (Fsp3) is 0.133. The maximum atomic E-state index is 6.49. The maximum absolute atomic E-state index is 6.49. The number of benzene rings is 2. The zero-order valence-electron chi connectivity index (χ0n) is 10.0. The standard InChI is InChI=1S/C15H13ClN2/c1-18-14(16)12-9-5-6-10-13(12)17-15(18)11-7-3-2-4-8-11/h2-10,14H,1H3. The van der Waals surface area contributed by atoms with Gasteiger partial charge in [0.05, 0.1) is 5.69 Å². The summed E-state index contributed by atoms with van der Waals surface area (Å²) in [6.45, 7) is 0. The van der Waals surface area contributed by atoms with Gasteiger partial charge in [0, 0.05) is 18.2 Å². The minimum Gasteiger partial charge on any atom is -0.339 e. The van der Waals surface area contributed by atoms with Crippen LogP contribution in [0.1, 0.15) is 16.6 Å². The molecule has 1 heterocycles. The van der Waals surface area contributed by atoms with Crippen LogP contribution in [-0.4, -0.2) is 17.8 Å². The predicted molar refractivity (Wildman–Crippen MR) is 75.4 cm³/mol. The largest absolute Gasteiger partial charge is 0.339 e. The Kier molecular flexibility index (Phi) is 2.80. The molecule has 0 spiro atoms. The Bertz CT molecular complexity index is 592. The Morgan fingerprint density at radius 2 is 1.67 bits per heavy atom. The van der Waals surface area contributed by atoms with Gasteiger partial charge in [-0.1, -0.05) is 60.1 Å². The Labute approximate surface area is 112 Å². The van der Waals surface area contributed by atoms with E-state index in [1.807, 2.05) is 66.5 Å². The average molecular weight is 257 g/mol. The minimum atomic E-state index is -0.172.